The van der Waals surface area contributed by atoms with Gasteiger partial charge >= 0.3 is 5.97 Å². The largest absolute Gasteiger partial charge is 0.481 e. The van der Waals surface area contributed by atoms with E-state index in [1.807, 2.05) is 0 Å². The number of hydrogen-bond acceptors (Lipinski definition) is 1. The molecule has 0 unspecified atom stereocenters. The molecular formula is C13H15ClF2O2. The first-order chi connectivity index (χ1) is 8.05. The van der Waals surface area contributed by atoms with Gasteiger partial charge in [0.1, 0.15) is 0 Å². The molecule has 0 bridgehead atoms. The number of rotatable bonds is 4. The van der Waals surface area contributed by atoms with Gasteiger partial charge in [-0.25, -0.2) is 8.78 Å². The number of carboxylic acids is 1. The highest BCUT2D eigenvalue weighted by atomic mass is 35.5. The summed E-state index contributed by atoms with van der Waals surface area (Å²) in [7, 11) is 0. The zero-order valence-corrected chi connectivity index (χ0v) is 11.2. The van der Waals surface area contributed by atoms with Crippen LogP contribution in [0.3, 0.4) is 0 Å². The van der Waals surface area contributed by atoms with E-state index >= 15 is 0 Å². The van der Waals surface area contributed by atoms with Crippen LogP contribution in [-0.2, 0) is 17.1 Å². The second kappa shape index (κ2) is 4.84. The number of hydrogen-bond donors (Lipinski definition) is 1. The van der Waals surface area contributed by atoms with E-state index in [1.54, 1.807) is 6.07 Å². The lowest BCUT2D eigenvalue weighted by Gasteiger charge is -2.23. The molecule has 0 atom stereocenters. The van der Waals surface area contributed by atoms with Crippen LogP contribution in [0.1, 0.15) is 31.9 Å². The van der Waals surface area contributed by atoms with Gasteiger partial charge in [0, 0.05) is 12.5 Å². The molecule has 1 aromatic rings. The average molecular weight is 277 g/mol. The van der Waals surface area contributed by atoms with E-state index in [0.717, 1.165) is 6.92 Å². The Labute approximate surface area is 110 Å². The van der Waals surface area contributed by atoms with Gasteiger partial charge < -0.3 is 5.11 Å². The van der Waals surface area contributed by atoms with Crippen molar-refractivity contribution in [1.82, 2.24) is 0 Å². The molecule has 0 heterocycles. The first-order valence-corrected chi connectivity index (χ1v) is 5.82. The van der Waals surface area contributed by atoms with Gasteiger partial charge in [-0.15, -0.1) is 0 Å². The van der Waals surface area contributed by atoms with Crippen molar-refractivity contribution in [3.05, 3.63) is 34.3 Å². The number of alkyl halides is 2. The second-order valence-corrected chi connectivity index (χ2v) is 5.44. The molecule has 0 aliphatic carbocycles. The molecule has 18 heavy (non-hydrogen) atoms. The Bertz CT molecular complexity index is 465. The quantitative estimate of drug-likeness (QED) is 0.899. The van der Waals surface area contributed by atoms with E-state index in [9.17, 15) is 13.6 Å². The first-order valence-electron chi connectivity index (χ1n) is 5.45. The van der Waals surface area contributed by atoms with E-state index in [1.165, 1.54) is 26.0 Å². The topological polar surface area (TPSA) is 37.3 Å². The molecule has 0 spiro atoms. The fourth-order valence-electron chi connectivity index (χ4n) is 1.76. The van der Waals surface area contributed by atoms with Gasteiger partial charge in [0.05, 0.1) is 10.4 Å². The lowest BCUT2D eigenvalue weighted by molar-refractivity contribution is -0.146. The molecule has 1 aromatic carbocycles. The summed E-state index contributed by atoms with van der Waals surface area (Å²) in [6.45, 7) is 3.74. The minimum absolute atomic E-state index is 0.00164. The normalized spacial score (nSPS) is 12.6. The SMILES string of the molecule is CC(C)(Cc1cccc(Cl)c1C(C)(F)F)C(=O)O. The van der Waals surface area contributed by atoms with Crippen LogP contribution in [0.15, 0.2) is 18.2 Å². The van der Waals surface area contributed by atoms with Crippen molar-refractivity contribution in [2.75, 3.05) is 0 Å². The Balaban J connectivity index is 3.27. The third kappa shape index (κ3) is 3.19. The summed E-state index contributed by atoms with van der Waals surface area (Å²) < 4.78 is 27.0. The summed E-state index contributed by atoms with van der Waals surface area (Å²) in [5, 5.41) is 9.00. The van der Waals surface area contributed by atoms with E-state index in [4.69, 9.17) is 16.7 Å². The van der Waals surface area contributed by atoms with Crippen molar-refractivity contribution >= 4 is 17.6 Å². The standard InChI is InChI=1S/C13H15ClF2O2/c1-12(2,11(17)18)7-8-5-4-6-9(14)10(8)13(3,15)16/h4-6H,7H2,1-3H3,(H,17,18). The van der Waals surface area contributed by atoms with Crippen molar-refractivity contribution in [3.8, 4) is 0 Å². The average Bonchev–Trinajstić information content (AvgIpc) is 2.14. The molecule has 0 aliphatic heterocycles. The zero-order chi connectivity index (χ0) is 14.1. The molecule has 1 N–H and O–H groups in total. The lowest BCUT2D eigenvalue weighted by Crippen LogP contribution is -2.27. The Kier molecular flexibility index (Phi) is 4.01. The maximum absolute atomic E-state index is 13.5. The molecule has 5 heteroatoms. The van der Waals surface area contributed by atoms with Crippen molar-refractivity contribution in [3.63, 3.8) is 0 Å². The Morgan fingerprint density at radius 1 is 1.33 bits per heavy atom. The van der Waals surface area contributed by atoms with E-state index < -0.39 is 17.3 Å². The molecule has 100 valence electrons. The molecule has 0 fully saturated rings. The van der Waals surface area contributed by atoms with Gasteiger partial charge in [0.25, 0.3) is 5.92 Å². The van der Waals surface area contributed by atoms with Gasteiger partial charge in [-0.05, 0) is 31.9 Å². The summed E-state index contributed by atoms with van der Waals surface area (Å²) in [5.41, 5.74) is -1.14. The highest BCUT2D eigenvalue weighted by molar-refractivity contribution is 6.31. The summed E-state index contributed by atoms with van der Waals surface area (Å²) in [5.74, 6) is -4.13. The summed E-state index contributed by atoms with van der Waals surface area (Å²) in [6, 6.07) is 4.42. The van der Waals surface area contributed by atoms with Crippen LogP contribution in [-0.4, -0.2) is 11.1 Å². The summed E-state index contributed by atoms with van der Waals surface area (Å²) in [6.07, 6.45) is 0.00164. The third-order valence-electron chi connectivity index (χ3n) is 2.75. The number of carbonyl (C=O) groups is 1. The van der Waals surface area contributed by atoms with Crippen LogP contribution >= 0.6 is 11.6 Å². The van der Waals surface area contributed by atoms with Crippen LogP contribution in [0.2, 0.25) is 5.02 Å². The number of benzene rings is 1. The number of halogens is 3. The minimum Gasteiger partial charge on any atom is -0.481 e. The van der Waals surface area contributed by atoms with Crippen molar-refractivity contribution < 1.29 is 18.7 Å². The lowest BCUT2D eigenvalue weighted by atomic mass is 9.83. The Morgan fingerprint density at radius 2 is 1.89 bits per heavy atom. The van der Waals surface area contributed by atoms with E-state index in [2.05, 4.69) is 0 Å². The molecule has 1 rings (SSSR count). The first kappa shape index (κ1) is 14.9. The molecule has 0 aliphatic rings. The smallest absolute Gasteiger partial charge is 0.309 e. The van der Waals surface area contributed by atoms with Gasteiger partial charge in [-0.1, -0.05) is 23.7 Å². The fraction of sp³-hybridized carbons (Fsp3) is 0.462. The zero-order valence-electron chi connectivity index (χ0n) is 10.4. The minimum atomic E-state index is -3.09. The molecule has 0 saturated heterocycles. The highest BCUT2D eigenvalue weighted by Gasteiger charge is 2.34. The van der Waals surface area contributed by atoms with Crippen molar-refractivity contribution in [2.45, 2.75) is 33.1 Å². The van der Waals surface area contributed by atoms with Crippen LogP contribution in [0.25, 0.3) is 0 Å². The maximum atomic E-state index is 13.5. The molecule has 2 nitrogen and oxygen atoms in total. The van der Waals surface area contributed by atoms with Gasteiger partial charge in [0.15, 0.2) is 0 Å². The fourth-order valence-corrected chi connectivity index (χ4v) is 2.12. The number of aliphatic carboxylic acids is 1. The van der Waals surface area contributed by atoms with E-state index in [-0.39, 0.29) is 22.6 Å². The highest BCUT2D eigenvalue weighted by Crippen LogP contribution is 2.38. The van der Waals surface area contributed by atoms with Crippen LogP contribution in [0.4, 0.5) is 8.78 Å². The number of carboxylic acid groups (broad SMARTS) is 1. The molecule has 0 radical (unpaired) electrons. The maximum Gasteiger partial charge on any atom is 0.309 e. The predicted molar refractivity (Wildman–Crippen MR) is 66.1 cm³/mol. The monoisotopic (exact) mass is 276 g/mol. The van der Waals surface area contributed by atoms with Crippen molar-refractivity contribution in [2.24, 2.45) is 5.41 Å². The molecule has 0 saturated carbocycles. The predicted octanol–water partition coefficient (Wildman–Crippen LogP) is 4.11. The Morgan fingerprint density at radius 3 is 2.33 bits per heavy atom. The van der Waals surface area contributed by atoms with Gasteiger partial charge in [0.2, 0.25) is 0 Å². The van der Waals surface area contributed by atoms with Crippen molar-refractivity contribution in [1.29, 1.82) is 0 Å². The van der Waals surface area contributed by atoms with E-state index in [0.29, 0.717) is 0 Å². The van der Waals surface area contributed by atoms with Crippen LogP contribution in [0.5, 0.6) is 0 Å². The van der Waals surface area contributed by atoms with Gasteiger partial charge in [-0.2, -0.15) is 0 Å². The molecular weight excluding hydrogens is 262 g/mol. The van der Waals surface area contributed by atoms with Gasteiger partial charge in [-0.3, -0.25) is 4.79 Å². The van der Waals surface area contributed by atoms with Crippen LogP contribution < -0.4 is 0 Å². The summed E-state index contributed by atoms with van der Waals surface area (Å²) >= 11 is 5.80. The van der Waals surface area contributed by atoms with Crippen LogP contribution in [0, 0.1) is 5.41 Å². The molecule has 0 aromatic heterocycles. The third-order valence-corrected chi connectivity index (χ3v) is 3.07. The second-order valence-electron chi connectivity index (χ2n) is 5.03. The molecule has 0 amide bonds. The summed E-state index contributed by atoms with van der Waals surface area (Å²) in [4.78, 5) is 11.1. The Hall–Kier alpha value is -1.16.